The number of hydrogen-bond acceptors (Lipinski definition) is 6. The summed E-state index contributed by atoms with van der Waals surface area (Å²) in [6.07, 6.45) is 2.25. The molecule has 1 N–H and O–H groups in total. The molecule has 136 valence electrons. The van der Waals surface area contributed by atoms with Crippen molar-refractivity contribution in [2.75, 3.05) is 11.9 Å². The lowest BCUT2D eigenvalue weighted by Gasteiger charge is -2.13. The molecule has 0 saturated carbocycles. The number of nitrogens with zero attached hydrogens (tertiary/aromatic N) is 1. The molecule has 0 unspecified atom stereocenters. The summed E-state index contributed by atoms with van der Waals surface area (Å²) in [5.74, 6) is -1.30. The highest BCUT2D eigenvalue weighted by molar-refractivity contribution is 5.95. The van der Waals surface area contributed by atoms with E-state index in [0.717, 1.165) is 11.6 Å². The predicted octanol–water partition coefficient (Wildman–Crippen LogP) is 3.51. The molecule has 0 atom stereocenters. The van der Waals surface area contributed by atoms with Crippen LogP contribution in [0.25, 0.3) is 6.08 Å². The van der Waals surface area contributed by atoms with Crippen molar-refractivity contribution in [1.29, 1.82) is 0 Å². The smallest absolute Gasteiger partial charge is 0.433 e. The fourth-order valence-corrected chi connectivity index (χ4v) is 2.17. The number of rotatable bonds is 7. The van der Waals surface area contributed by atoms with Crippen LogP contribution in [0.2, 0.25) is 0 Å². The molecule has 1 aromatic carbocycles. The second-order valence-electron chi connectivity index (χ2n) is 5.66. The van der Waals surface area contributed by atoms with E-state index in [1.54, 1.807) is 12.1 Å². The first-order valence-electron chi connectivity index (χ1n) is 7.84. The van der Waals surface area contributed by atoms with Crippen LogP contribution < -0.4 is 5.32 Å². The zero-order chi connectivity index (χ0) is 19.1. The minimum atomic E-state index is -0.767. The highest BCUT2D eigenvalue weighted by Crippen LogP contribution is 2.23. The maximum Gasteiger partial charge on any atom is 0.433 e. The van der Waals surface area contributed by atoms with Crippen LogP contribution in [0.1, 0.15) is 31.1 Å². The first kappa shape index (κ1) is 18.9. The lowest BCUT2D eigenvalue weighted by molar-refractivity contribution is -0.402. The van der Waals surface area contributed by atoms with Crippen LogP contribution in [0.4, 0.5) is 11.6 Å². The van der Waals surface area contributed by atoms with E-state index < -0.39 is 29.3 Å². The lowest BCUT2D eigenvalue weighted by Crippen LogP contribution is -2.21. The summed E-state index contributed by atoms with van der Waals surface area (Å²) in [6, 6.07) is 9.89. The van der Waals surface area contributed by atoms with Crippen LogP contribution in [-0.2, 0) is 14.3 Å². The number of amides is 1. The van der Waals surface area contributed by atoms with Gasteiger partial charge in [-0.1, -0.05) is 32.0 Å². The fourth-order valence-electron chi connectivity index (χ4n) is 2.17. The third kappa shape index (κ3) is 5.30. The van der Waals surface area contributed by atoms with Gasteiger partial charge in [0, 0.05) is 11.8 Å². The molecule has 0 aliphatic rings. The van der Waals surface area contributed by atoms with Gasteiger partial charge in [-0.05, 0) is 29.7 Å². The highest BCUT2D eigenvalue weighted by atomic mass is 16.6. The zero-order valence-electron chi connectivity index (χ0n) is 14.3. The van der Waals surface area contributed by atoms with E-state index in [-0.39, 0.29) is 11.7 Å². The van der Waals surface area contributed by atoms with Crippen LogP contribution in [0.3, 0.4) is 0 Å². The van der Waals surface area contributed by atoms with Gasteiger partial charge in [0.1, 0.15) is 10.7 Å². The minimum absolute atomic E-state index is 0.129. The fraction of sp³-hybridized carbons (Fsp3) is 0.222. The Kier molecular flexibility index (Phi) is 6.26. The van der Waals surface area contributed by atoms with Crippen LogP contribution in [0, 0.1) is 10.1 Å². The van der Waals surface area contributed by atoms with Crippen molar-refractivity contribution in [2.45, 2.75) is 19.8 Å². The molecule has 26 heavy (non-hydrogen) atoms. The summed E-state index contributed by atoms with van der Waals surface area (Å²) in [5.41, 5.74) is 1.65. The molecule has 2 aromatic rings. The number of esters is 1. The van der Waals surface area contributed by atoms with E-state index >= 15 is 0 Å². The predicted molar refractivity (Wildman–Crippen MR) is 94.5 cm³/mol. The van der Waals surface area contributed by atoms with Crippen molar-refractivity contribution in [3.05, 3.63) is 63.9 Å². The number of nitro groups is 1. The van der Waals surface area contributed by atoms with Gasteiger partial charge in [-0.15, -0.1) is 0 Å². The van der Waals surface area contributed by atoms with E-state index in [0.29, 0.717) is 5.69 Å². The molecule has 0 bridgehead atoms. The highest BCUT2D eigenvalue weighted by Gasteiger charge is 2.12. The van der Waals surface area contributed by atoms with E-state index in [2.05, 4.69) is 5.32 Å². The molecule has 0 spiro atoms. The monoisotopic (exact) mass is 358 g/mol. The Bertz CT molecular complexity index is 838. The summed E-state index contributed by atoms with van der Waals surface area (Å²) in [4.78, 5) is 33.4. The summed E-state index contributed by atoms with van der Waals surface area (Å²) in [6.45, 7) is 3.57. The average molecular weight is 358 g/mol. The Morgan fingerprint density at radius 2 is 2.00 bits per heavy atom. The van der Waals surface area contributed by atoms with Gasteiger partial charge in [-0.25, -0.2) is 4.79 Å². The van der Waals surface area contributed by atoms with Crippen LogP contribution >= 0.6 is 0 Å². The van der Waals surface area contributed by atoms with Gasteiger partial charge in [0.15, 0.2) is 6.61 Å². The molecule has 0 saturated heterocycles. The molecule has 8 heteroatoms. The third-order valence-electron chi connectivity index (χ3n) is 3.38. The molecule has 0 fully saturated rings. The van der Waals surface area contributed by atoms with Crippen molar-refractivity contribution >= 4 is 29.5 Å². The molecule has 0 aliphatic carbocycles. The first-order valence-corrected chi connectivity index (χ1v) is 7.84. The molecular weight excluding hydrogens is 340 g/mol. The van der Waals surface area contributed by atoms with Gasteiger partial charge < -0.3 is 14.5 Å². The Morgan fingerprint density at radius 1 is 1.27 bits per heavy atom. The number of carbonyl (C=O) groups excluding carboxylic acids is 2. The number of furan rings is 1. The Morgan fingerprint density at radius 3 is 2.65 bits per heavy atom. The molecule has 2 rings (SSSR count). The van der Waals surface area contributed by atoms with E-state index in [1.807, 2.05) is 26.0 Å². The number of anilines is 1. The van der Waals surface area contributed by atoms with E-state index in [1.165, 1.54) is 18.2 Å². The molecule has 1 aromatic heterocycles. The van der Waals surface area contributed by atoms with Crippen molar-refractivity contribution < 1.29 is 23.7 Å². The molecule has 8 nitrogen and oxygen atoms in total. The standard InChI is InChI=1S/C18H18N2O6/c1-12(2)14-5-3-4-6-15(14)19-16(21)11-25-18(22)10-8-13-7-9-17(26-13)20(23)24/h3-10,12H,11H2,1-2H3,(H,19,21)/b10-8+. The SMILES string of the molecule is CC(C)c1ccccc1NC(=O)COC(=O)/C=C/c1ccc([N+](=O)[O-])o1. The van der Waals surface area contributed by atoms with Crippen LogP contribution in [-0.4, -0.2) is 23.4 Å². The van der Waals surface area contributed by atoms with Crippen molar-refractivity contribution in [1.82, 2.24) is 0 Å². The third-order valence-corrected chi connectivity index (χ3v) is 3.38. The quantitative estimate of drug-likeness (QED) is 0.351. The zero-order valence-corrected chi connectivity index (χ0v) is 14.3. The second-order valence-corrected chi connectivity index (χ2v) is 5.66. The summed E-state index contributed by atoms with van der Waals surface area (Å²) in [7, 11) is 0. The Balaban J connectivity index is 1.86. The number of benzene rings is 1. The van der Waals surface area contributed by atoms with Gasteiger partial charge in [0.05, 0.1) is 6.07 Å². The summed E-state index contributed by atoms with van der Waals surface area (Å²) < 4.78 is 9.70. The number of ether oxygens (including phenoxy) is 1. The van der Waals surface area contributed by atoms with Crippen molar-refractivity contribution in [3.8, 4) is 0 Å². The van der Waals surface area contributed by atoms with Gasteiger partial charge in [-0.2, -0.15) is 0 Å². The molecule has 1 amide bonds. The molecule has 0 radical (unpaired) electrons. The normalized spacial score (nSPS) is 10.9. The number of hydrogen-bond donors (Lipinski definition) is 1. The largest absolute Gasteiger partial charge is 0.452 e. The Hall–Kier alpha value is -3.42. The minimum Gasteiger partial charge on any atom is -0.452 e. The van der Waals surface area contributed by atoms with Gasteiger partial charge in [0.2, 0.25) is 0 Å². The average Bonchev–Trinajstić information content (AvgIpc) is 3.08. The molecule has 0 aliphatic heterocycles. The van der Waals surface area contributed by atoms with Crippen molar-refractivity contribution in [3.63, 3.8) is 0 Å². The number of carbonyl (C=O) groups is 2. The van der Waals surface area contributed by atoms with Crippen LogP contribution in [0.15, 0.2) is 46.9 Å². The maximum atomic E-state index is 11.9. The number of nitrogens with one attached hydrogen (secondary N) is 1. The van der Waals surface area contributed by atoms with Crippen LogP contribution in [0.5, 0.6) is 0 Å². The Labute approximate surface area is 149 Å². The molecule has 1 heterocycles. The molecular formula is C18H18N2O6. The first-order chi connectivity index (χ1) is 12.4. The topological polar surface area (TPSA) is 112 Å². The maximum absolute atomic E-state index is 11.9. The van der Waals surface area contributed by atoms with E-state index in [4.69, 9.17) is 9.15 Å². The number of para-hydroxylation sites is 1. The van der Waals surface area contributed by atoms with Gasteiger partial charge in [0.25, 0.3) is 5.91 Å². The summed E-state index contributed by atoms with van der Waals surface area (Å²) in [5, 5.41) is 13.2. The van der Waals surface area contributed by atoms with Gasteiger partial charge >= 0.3 is 11.9 Å². The summed E-state index contributed by atoms with van der Waals surface area (Å²) >= 11 is 0. The lowest BCUT2D eigenvalue weighted by atomic mass is 10.0. The second kappa shape index (κ2) is 8.61. The van der Waals surface area contributed by atoms with E-state index in [9.17, 15) is 19.7 Å². The van der Waals surface area contributed by atoms with Crippen molar-refractivity contribution in [2.24, 2.45) is 0 Å². The van der Waals surface area contributed by atoms with Gasteiger partial charge in [-0.3, -0.25) is 14.9 Å².